The molecule has 2 atom stereocenters. The first-order chi connectivity index (χ1) is 12.9. The van der Waals surface area contributed by atoms with E-state index in [2.05, 4.69) is 4.13 Å². The summed E-state index contributed by atoms with van der Waals surface area (Å²) >= 11 is 0. The molecule has 27 heavy (non-hydrogen) atoms. The minimum atomic E-state index is -1.88. The number of hydrogen-bond acceptors (Lipinski definition) is 4. The molecule has 1 N–H and O–H groups in total. The van der Waals surface area contributed by atoms with Gasteiger partial charge >= 0.3 is 0 Å². The van der Waals surface area contributed by atoms with E-state index in [1.807, 2.05) is 0 Å². The Bertz CT molecular complexity index is 970. The number of nitrogens with one attached hydrogen (secondary N) is 1. The Morgan fingerprint density at radius 2 is 1.22 bits per heavy atom. The van der Waals surface area contributed by atoms with Gasteiger partial charge in [0.15, 0.2) is 0 Å². The second-order valence-electron chi connectivity index (χ2n) is 4.98. The van der Waals surface area contributed by atoms with Crippen LogP contribution in [0.5, 0.6) is 0 Å². The maximum atomic E-state index is 13.7. The van der Waals surface area contributed by atoms with Crippen LogP contribution in [0.1, 0.15) is 22.3 Å². The minimum Gasteiger partial charge on any atom is -0.237 e. The van der Waals surface area contributed by atoms with Crippen LogP contribution in [0.15, 0.2) is 47.2 Å². The molecule has 2 aromatic rings. The Morgan fingerprint density at radius 1 is 0.815 bits per heavy atom. The molecule has 0 radical (unpaired) electrons. The zero-order chi connectivity index (χ0) is 19.8. The second-order valence-corrected chi connectivity index (χ2v) is 7.38. The normalized spacial score (nSPS) is 13.3. The molecular formula is C18H11F2N3O2S2. The van der Waals surface area contributed by atoms with Crippen molar-refractivity contribution in [2.75, 3.05) is 0 Å². The Morgan fingerprint density at radius 3 is 1.56 bits per heavy atom. The number of nitriles is 2. The largest absolute Gasteiger partial charge is 0.237 e. The van der Waals surface area contributed by atoms with Gasteiger partial charge in [-0.3, -0.25) is 0 Å². The molecule has 2 aromatic carbocycles. The molecule has 0 fully saturated rings. The molecule has 2 unspecified atom stereocenters. The fourth-order valence-corrected chi connectivity index (χ4v) is 3.50. The molecule has 0 saturated heterocycles. The first kappa shape index (κ1) is 20.3. The van der Waals surface area contributed by atoms with Gasteiger partial charge in [0.05, 0.1) is 23.3 Å². The van der Waals surface area contributed by atoms with E-state index in [-0.39, 0.29) is 22.3 Å². The number of nitrogens with zero attached hydrogens (tertiary/aromatic N) is 2. The van der Waals surface area contributed by atoms with E-state index in [4.69, 9.17) is 10.5 Å². The van der Waals surface area contributed by atoms with Crippen LogP contribution in [0.2, 0.25) is 0 Å². The van der Waals surface area contributed by atoms with Crippen LogP contribution in [0, 0.1) is 34.3 Å². The van der Waals surface area contributed by atoms with Crippen LogP contribution in [-0.2, 0) is 22.0 Å². The van der Waals surface area contributed by atoms with Gasteiger partial charge in [-0.1, -0.05) is 12.1 Å². The van der Waals surface area contributed by atoms with Gasteiger partial charge in [-0.2, -0.15) is 10.5 Å². The maximum Gasteiger partial charge on any atom is 0.131 e. The number of rotatable bonds is 6. The fourth-order valence-electron chi connectivity index (χ4n) is 1.87. The summed E-state index contributed by atoms with van der Waals surface area (Å²) in [6, 6.07) is 11.2. The quantitative estimate of drug-likeness (QED) is 0.801. The lowest BCUT2D eigenvalue weighted by Crippen LogP contribution is -2.15. The van der Waals surface area contributed by atoms with E-state index >= 15 is 0 Å². The summed E-state index contributed by atoms with van der Waals surface area (Å²) in [4.78, 5) is 0. The molecule has 0 aliphatic heterocycles. The average molecular weight is 403 g/mol. The molecule has 0 saturated carbocycles. The minimum absolute atomic E-state index is 0.116. The van der Waals surface area contributed by atoms with Crippen molar-refractivity contribution in [2.24, 2.45) is 0 Å². The van der Waals surface area contributed by atoms with Crippen molar-refractivity contribution in [1.29, 1.82) is 10.5 Å². The summed E-state index contributed by atoms with van der Waals surface area (Å²) in [5.41, 5.74) is 0.547. The van der Waals surface area contributed by atoms with Gasteiger partial charge in [0.2, 0.25) is 0 Å². The maximum absolute atomic E-state index is 13.7. The molecule has 0 spiro atoms. The number of halogens is 2. The SMILES string of the molecule is N#Cc1ccc(/C=C\S(=O)NS(=O)/C=C/c2ccc(C#N)cc2F)c(F)c1. The van der Waals surface area contributed by atoms with Crippen molar-refractivity contribution >= 4 is 34.1 Å². The molecule has 0 amide bonds. The number of hydrogen-bond donors (Lipinski definition) is 1. The lowest BCUT2D eigenvalue weighted by atomic mass is 10.1. The summed E-state index contributed by atoms with van der Waals surface area (Å²) in [5, 5.41) is 19.5. The average Bonchev–Trinajstić information content (AvgIpc) is 2.65. The van der Waals surface area contributed by atoms with Crippen LogP contribution in [0.3, 0.4) is 0 Å². The van der Waals surface area contributed by atoms with Gasteiger partial charge in [-0.15, -0.1) is 4.13 Å². The lowest BCUT2D eigenvalue weighted by molar-refractivity contribution is 0.624. The van der Waals surface area contributed by atoms with Gasteiger partial charge in [-0.05, 0) is 36.4 Å². The highest BCUT2D eigenvalue weighted by Crippen LogP contribution is 2.13. The standard InChI is InChI=1S/C18H11F2N3O2S2/c19-17-9-13(11-21)1-3-15(17)5-7-26(24)23-27(25)8-6-16-4-2-14(12-22)10-18(16)20/h1-10,23H/b7-5-,8-6+. The van der Waals surface area contributed by atoms with Crippen molar-refractivity contribution in [3.63, 3.8) is 0 Å². The topological polar surface area (TPSA) is 93.8 Å². The van der Waals surface area contributed by atoms with E-state index < -0.39 is 33.6 Å². The molecule has 0 heterocycles. The first-order valence-electron chi connectivity index (χ1n) is 7.26. The van der Waals surface area contributed by atoms with Crippen molar-refractivity contribution in [3.8, 4) is 12.1 Å². The van der Waals surface area contributed by atoms with Crippen LogP contribution < -0.4 is 4.13 Å². The smallest absolute Gasteiger partial charge is 0.131 e. The lowest BCUT2D eigenvalue weighted by Gasteiger charge is -1.99. The summed E-state index contributed by atoms with van der Waals surface area (Å²) in [6.45, 7) is 0. The third-order valence-electron chi connectivity index (χ3n) is 3.17. The molecule has 2 rings (SSSR count). The predicted octanol–water partition coefficient (Wildman–Crippen LogP) is 3.27. The van der Waals surface area contributed by atoms with Crippen LogP contribution in [0.25, 0.3) is 12.2 Å². The van der Waals surface area contributed by atoms with E-state index in [1.54, 1.807) is 12.1 Å². The predicted molar refractivity (Wildman–Crippen MR) is 99.7 cm³/mol. The van der Waals surface area contributed by atoms with E-state index in [0.29, 0.717) is 0 Å². The summed E-state index contributed by atoms with van der Waals surface area (Å²) in [5.74, 6) is -1.31. The highest BCUT2D eigenvalue weighted by atomic mass is 32.3. The Kier molecular flexibility index (Phi) is 7.26. The van der Waals surface area contributed by atoms with Crippen molar-refractivity contribution < 1.29 is 17.2 Å². The molecule has 9 heteroatoms. The zero-order valence-electron chi connectivity index (χ0n) is 13.6. The monoisotopic (exact) mass is 403 g/mol. The van der Waals surface area contributed by atoms with E-state index in [0.717, 1.165) is 22.9 Å². The molecule has 0 bridgehead atoms. The zero-order valence-corrected chi connectivity index (χ0v) is 15.2. The third kappa shape index (κ3) is 6.04. The molecule has 0 aromatic heterocycles. The van der Waals surface area contributed by atoms with Gasteiger partial charge in [0, 0.05) is 21.9 Å². The molecule has 136 valence electrons. The van der Waals surface area contributed by atoms with Crippen molar-refractivity contribution in [3.05, 3.63) is 81.1 Å². The summed E-state index contributed by atoms with van der Waals surface area (Å²) in [7, 11) is -3.77. The van der Waals surface area contributed by atoms with Crippen LogP contribution in [-0.4, -0.2) is 8.42 Å². The molecule has 0 aliphatic carbocycles. The summed E-state index contributed by atoms with van der Waals surface area (Å²) < 4.78 is 53.3. The van der Waals surface area contributed by atoms with Gasteiger partial charge < -0.3 is 0 Å². The van der Waals surface area contributed by atoms with Crippen LogP contribution in [0.4, 0.5) is 8.78 Å². The summed E-state index contributed by atoms with van der Waals surface area (Å²) in [6.07, 6.45) is 2.45. The second kappa shape index (κ2) is 9.64. The van der Waals surface area contributed by atoms with Gasteiger partial charge in [-0.25, -0.2) is 17.2 Å². The van der Waals surface area contributed by atoms with Crippen LogP contribution >= 0.6 is 0 Å². The van der Waals surface area contributed by atoms with E-state index in [9.17, 15) is 17.2 Å². The Labute approximate surface area is 159 Å². The first-order valence-corrected chi connectivity index (χ1v) is 9.68. The fraction of sp³-hybridized carbons (Fsp3) is 0. The molecule has 0 aliphatic rings. The highest BCUT2D eigenvalue weighted by molar-refractivity contribution is 8.01. The highest BCUT2D eigenvalue weighted by Gasteiger charge is 2.04. The third-order valence-corrected chi connectivity index (χ3v) is 5.25. The van der Waals surface area contributed by atoms with Crippen molar-refractivity contribution in [1.82, 2.24) is 4.13 Å². The Hall–Kier alpha value is -2.98. The van der Waals surface area contributed by atoms with Crippen molar-refractivity contribution in [2.45, 2.75) is 0 Å². The van der Waals surface area contributed by atoms with Gasteiger partial charge in [0.25, 0.3) is 0 Å². The van der Waals surface area contributed by atoms with Gasteiger partial charge in [0.1, 0.15) is 33.6 Å². The molecular weight excluding hydrogens is 392 g/mol. The van der Waals surface area contributed by atoms with E-state index in [1.165, 1.54) is 36.4 Å². The molecule has 5 nitrogen and oxygen atoms in total. The Balaban J connectivity index is 1.98. The number of benzene rings is 2.